The van der Waals surface area contributed by atoms with E-state index in [1.54, 1.807) is 0 Å². The smallest absolute Gasteiger partial charge is 0.418 e. The second kappa shape index (κ2) is 10.3. The largest absolute Gasteiger partial charge is 0.480 e. The Morgan fingerprint density at radius 1 is 1.23 bits per heavy atom. The van der Waals surface area contributed by atoms with Crippen LogP contribution in [0.2, 0.25) is 0 Å². The molecule has 0 bridgehead atoms. The van der Waals surface area contributed by atoms with E-state index in [4.69, 9.17) is 15.2 Å². The van der Waals surface area contributed by atoms with Crippen molar-refractivity contribution in [1.29, 1.82) is 0 Å². The van der Waals surface area contributed by atoms with Gasteiger partial charge in [-0.15, -0.1) is 0 Å². The minimum Gasteiger partial charge on any atom is -0.480 e. The van der Waals surface area contributed by atoms with Crippen molar-refractivity contribution in [2.24, 2.45) is 5.92 Å². The molecule has 3 aromatic rings. The predicted molar refractivity (Wildman–Crippen MR) is 128 cm³/mol. The quantitative estimate of drug-likeness (QED) is 0.460. The molecule has 0 radical (unpaired) electrons. The monoisotopic (exact) mass is 551 g/mol. The molecular weight excluding hydrogens is 526 g/mol. The molecule has 5 rings (SSSR count). The second-order valence-corrected chi connectivity index (χ2v) is 9.38. The summed E-state index contributed by atoms with van der Waals surface area (Å²) in [5, 5.41) is 6.47. The van der Waals surface area contributed by atoms with E-state index in [-0.39, 0.29) is 60.0 Å². The van der Waals surface area contributed by atoms with Crippen LogP contribution in [-0.2, 0) is 15.7 Å². The number of carbonyl (C=O) groups excluding carboxylic acids is 2. The zero-order chi connectivity index (χ0) is 27.9. The average Bonchev–Trinajstić information content (AvgIpc) is 3.50. The highest BCUT2D eigenvalue weighted by atomic mass is 19.4. The van der Waals surface area contributed by atoms with Gasteiger partial charge in [-0.25, -0.2) is 18.9 Å². The Hall–Kier alpha value is -4.01. The van der Waals surface area contributed by atoms with Gasteiger partial charge in [-0.3, -0.25) is 9.59 Å². The summed E-state index contributed by atoms with van der Waals surface area (Å²) in [5.41, 5.74) is 4.12. The fourth-order valence-corrected chi connectivity index (χ4v) is 4.93. The van der Waals surface area contributed by atoms with Gasteiger partial charge in [0.2, 0.25) is 11.8 Å². The van der Waals surface area contributed by atoms with Crippen molar-refractivity contribution >= 4 is 23.1 Å². The zero-order valence-corrected chi connectivity index (χ0v) is 20.7. The van der Waals surface area contributed by atoms with Crippen molar-refractivity contribution in [3.05, 3.63) is 35.8 Å². The minimum atomic E-state index is -4.76. The maximum absolute atomic E-state index is 14.9. The summed E-state index contributed by atoms with van der Waals surface area (Å²) in [6.07, 6.45) is -2.66. The molecule has 3 N–H and O–H groups in total. The summed E-state index contributed by atoms with van der Waals surface area (Å²) in [6.45, 7) is 0.652. The van der Waals surface area contributed by atoms with Crippen molar-refractivity contribution in [2.45, 2.75) is 31.2 Å². The summed E-state index contributed by atoms with van der Waals surface area (Å²) in [6, 6.07) is 1.10. The molecule has 2 saturated heterocycles. The number of ether oxygens (including phenoxy) is 2. The second-order valence-electron chi connectivity index (χ2n) is 9.38. The highest BCUT2D eigenvalue weighted by molar-refractivity contribution is 5.98. The first kappa shape index (κ1) is 26.6. The van der Waals surface area contributed by atoms with Gasteiger partial charge in [0, 0.05) is 24.9 Å². The molecule has 0 aliphatic carbocycles. The van der Waals surface area contributed by atoms with Crippen molar-refractivity contribution in [3.8, 4) is 17.1 Å². The molecule has 2 fully saturated rings. The lowest BCUT2D eigenvalue weighted by atomic mass is 10.0. The Morgan fingerprint density at radius 3 is 2.72 bits per heavy atom. The third-order valence-corrected chi connectivity index (χ3v) is 6.86. The van der Waals surface area contributed by atoms with E-state index in [1.165, 1.54) is 24.3 Å². The third kappa shape index (κ3) is 5.05. The molecule has 0 spiro atoms. The number of halogens is 4. The van der Waals surface area contributed by atoms with Crippen LogP contribution in [0.4, 0.5) is 23.4 Å². The van der Waals surface area contributed by atoms with Crippen molar-refractivity contribution in [2.75, 3.05) is 39.1 Å². The zero-order valence-electron chi connectivity index (χ0n) is 20.7. The summed E-state index contributed by atoms with van der Waals surface area (Å²) < 4.78 is 67.6. The molecule has 15 heteroatoms. The van der Waals surface area contributed by atoms with Gasteiger partial charge in [0.15, 0.2) is 5.82 Å². The number of nitrogen functional groups attached to an aromatic ring is 1. The molecule has 1 unspecified atom stereocenters. The van der Waals surface area contributed by atoms with Crippen LogP contribution in [0.5, 0.6) is 5.88 Å². The van der Waals surface area contributed by atoms with Gasteiger partial charge in [-0.1, -0.05) is 0 Å². The number of carbonyl (C=O) groups is 2. The number of hydrogen-bond acceptors (Lipinski definition) is 8. The lowest BCUT2D eigenvalue weighted by molar-refractivity contribution is -0.139. The number of hydrogen-bond donors (Lipinski definition) is 2. The number of nitrogens with two attached hydrogens (primary N) is 1. The average molecular weight is 552 g/mol. The Balaban J connectivity index is 1.42. The molecule has 2 aliphatic rings. The molecule has 0 aromatic carbocycles. The summed E-state index contributed by atoms with van der Waals surface area (Å²) >= 11 is 0. The number of nitrogens with zero attached hydrogens (tertiary/aromatic N) is 5. The van der Waals surface area contributed by atoms with Crippen molar-refractivity contribution in [1.82, 2.24) is 29.8 Å². The van der Waals surface area contributed by atoms with Crippen LogP contribution in [-0.4, -0.2) is 81.9 Å². The number of anilines is 1. The number of likely N-dealkylation sites (tertiary alicyclic amines) is 1. The molecule has 3 atom stereocenters. The van der Waals surface area contributed by atoms with E-state index in [1.807, 2.05) is 0 Å². The Morgan fingerprint density at radius 2 is 2.03 bits per heavy atom. The van der Waals surface area contributed by atoms with Crippen LogP contribution in [0.3, 0.4) is 0 Å². The maximum Gasteiger partial charge on any atom is 0.418 e. The van der Waals surface area contributed by atoms with Gasteiger partial charge in [0.1, 0.15) is 23.6 Å². The highest BCUT2D eigenvalue weighted by Gasteiger charge is 2.40. The van der Waals surface area contributed by atoms with Gasteiger partial charge in [0.05, 0.1) is 43.5 Å². The number of nitrogens with one attached hydrogen (secondary N) is 1. The number of rotatable bonds is 5. The summed E-state index contributed by atoms with van der Waals surface area (Å²) in [5.74, 6) is -1.84. The SMILES string of the molecule is COc1ncc(-c2cc(C(F)(F)F)c3c(N)ncnn23)cc1C(=O)N[C@@H]1CN(C(=O)C2CCCOC2)C[C@@H]1F. The maximum atomic E-state index is 14.9. The van der Waals surface area contributed by atoms with Crippen LogP contribution in [0.25, 0.3) is 16.8 Å². The lowest BCUT2D eigenvalue weighted by Gasteiger charge is -2.26. The molecule has 3 aromatic heterocycles. The summed E-state index contributed by atoms with van der Waals surface area (Å²) in [4.78, 5) is 35.1. The number of methoxy groups -OCH3 is 1. The molecule has 5 heterocycles. The first-order chi connectivity index (χ1) is 18.6. The Labute approximate surface area is 219 Å². The highest BCUT2D eigenvalue weighted by Crippen LogP contribution is 2.39. The number of amides is 2. The lowest BCUT2D eigenvalue weighted by Crippen LogP contribution is -2.43. The number of alkyl halides is 4. The van der Waals surface area contributed by atoms with Crippen LogP contribution in [0, 0.1) is 5.92 Å². The van der Waals surface area contributed by atoms with E-state index < -0.39 is 35.4 Å². The van der Waals surface area contributed by atoms with E-state index >= 15 is 0 Å². The van der Waals surface area contributed by atoms with Crippen molar-refractivity contribution in [3.63, 3.8) is 0 Å². The molecule has 208 valence electrons. The number of aromatic nitrogens is 4. The van der Waals surface area contributed by atoms with Gasteiger partial charge in [-0.2, -0.15) is 18.3 Å². The van der Waals surface area contributed by atoms with Gasteiger partial charge in [-0.05, 0) is 25.0 Å². The normalized spacial score (nSPS) is 21.8. The number of pyridine rings is 1. The molecule has 0 saturated carbocycles. The van der Waals surface area contributed by atoms with E-state index in [0.29, 0.717) is 13.0 Å². The molecule has 11 nitrogen and oxygen atoms in total. The standard InChI is InChI=1S/C24H25F4N7O4/c1-38-22-14(21(36)33-17-9-34(8-16(17)25)23(37)12-3-2-4-39-10-12)5-13(7-30-22)18-6-15(24(26,27)28)19-20(29)31-11-32-35(18)19/h5-7,11-12,16-17H,2-4,8-10H2,1H3,(H,33,36)(H2,29,31,32)/t12?,16-,17+/m0/s1. The Kier molecular flexibility index (Phi) is 7.01. The Bertz CT molecular complexity index is 1410. The first-order valence-corrected chi connectivity index (χ1v) is 12.1. The van der Waals surface area contributed by atoms with Gasteiger partial charge >= 0.3 is 6.18 Å². The summed E-state index contributed by atoms with van der Waals surface area (Å²) in [7, 11) is 1.27. The first-order valence-electron chi connectivity index (χ1n) is 12.1. The van der Waals surface area contributed by atoms with Gasteiger partial charge in [0.25, 0.3) is 5.91 Å². The topological polar surface area (TPSA) is 137 Å². The van der Waals surface area contributed by atoms with Crippen LogP contribution >= 0.6 is 0 Å². The molecule has 2 aliphatic heterocycles. The van der Waals surface area contributed by atoms with Crippen LogP contribution in [0.15, 0.2) is 24.7 Å². The molecule has 2 amide bonds. The van der Waals surface area contributed by atoms with Crippen molar-refractivity contribution < 1.29 is 36.6 Å². The number of fused-ring (bicyclic) bond motifs is 1. The molecular formula is C24H25F4N7O4. The fraction of sp³-hybridized carbons (Fsp3) is 0.458. The van der Waals surface area contributed by atoms with E-state index in [0.717, 1.165) is 23.3 Å². The molecule has 39 heavy (non-hydrogen) atoms. The van der Waals surface area contributed by atoms with Crippen LogP contribution < -0.4 is 15.8 Å². The predicted octanol–water partition coefficient (Wildman–Crippen LogP) is 2.11. The van der Waals surface area contributed by atoms with E-state index in [2.05, 4.69) is 20.4 Å². The van der Waals surface area contributed by atoms with Crippen LogP contribution in [0.1, 0.15) is 28.8 Å². The third-order valence-electron chi connectivity index (χ3n) is 6.86. The van der Waals surface area contributed by atoms with E-state index in [9.17, 15) is 27.2 Å². The minimum absolute atomic E-state index is 0.0356. The fourth-order valence-electron chi connectivity index (χ4n) is 4.93. The van der Waals surface area contributed by atoms with Gasteiger partial charge < -0.3 is 25.4 Å².